The molecule has 1 aromatic rings. The molecule has 2 atom stereocenters. The summed E-state index contributed by atoms with van der Waals surface area (Å²) in [6.45, 7) is 1.19. The smallest absolute Gasteiger partial charge is 0.404 e. The van der Waals surface area contributed by atoms with Crippen LogP contribution in [0.4, 0.5) is 4.79 Å². The molecule has 8 heteroatoms. The first-order valence-corrected chi connectivity index (χ1v) is 6.24. The van der Waals surface area contributed by atoms with Crippen LogP contribution in [0.3, 0.4) is 0 Å². The zero-order valence-corrected chi connectivity index (χ0v) is 11.5. The molecule has 0 saturated heterocycles. The number of carbonyl (C=O) groups excluding carboxylic acids is 2. The second-order valence-electron chi connectivity index (χ2n) is 4.44. The number of Topliss-reactive ketones (excluding diaryl/α,β-unsaturated/α-hetero) is 1. The van der Waals surface area contributed by atoms with Gasteiger partial charge in [-0.2, -0.15) is 0 Å². The number of carboxylic acid groups (broad SMARTS) is 1. The lowest BCUT2D eigenvalue weighted by atomic mass is 10.0. The number of rotatable bonds is 6. The van der Waals surface area contributed by atoms with Crippen molar-refractivity contribution in [2.75, 3.05) is 6.54 Å². The molecular weight excluding hydrogens is 276 g/mol. The minimum atomic E-state index is -1.30. The van der Waals surface area contributed by atoms with Crippen LogP contribution in [-0.4, -0.2) is 46.5 Å². The number of hydrogen-bond acceptors (Lipinski definition) is 5. The maximum Gasteiger partial charge on any atom is 0.404 e. The zero-order valence-electron chi connectivity index (χ0n) is 11.5. The lowest BCUT2D eigenvalue weighted by Gasteiger charge is -2.25. The lowest BCUT2D eigenvalue weighted by molar-refractivity contribution is -0.134. The molecule has 0 aliphatic heterocycles. The summed E-state index contributed by atoms with van der Waals surface area (Å²) in [5.74, 6) is 4.56. The number of hydrazine groups is 1. The van der Waals surface area contributed by atoms with Crippen LogP contribution in [0.1, 0.15) is 17.3 Å². The second-order valence-corrected chi connectivity index (χ2v) is 4.44. The average molecular weight is 294 g/mol. The van der Waals surface area contributed by atoms with Crippen molar-refractivity contribution in [3.63, 3.8) is 0 Å². The van der Waals surface area contributed by atoms with E-state index in [4.69, 9.17) is 16.7 Å². The number of benzene rings is 1. The third-order valence-corrected chi connectivity index (χ3v) is 2.90. The Kier molecular flexibility index (Phi) is 5.82. The minimum Gasteiger partial charge on any atom is -0.465 e. The van der Waals surface area contributed by atoms with Crippen LogP contribution in [0.15, 0.2) is 30.3 Å². The van der Waals surface area contributed by atoms with Gasteiger partial charge in [0.15, 0.2) is 5.78 Å². The van der Waals surface area contributed by atoms with Crippen molar-refractivity contribution < 1.29 is 19.5 Å². The monoisotopic (exact) mass is 294 g/mol. The van der Waals surface area contributed by atoms with Gasteiger partial charge in [0.05, 0.1) is 0 Å². The summed E-state index contributed by atoms with van der Waals surface area (Å²) in [4.78, 5) is 34.4. The Morgan fingerprint density at radius 2 is 1.86 bits per heavy atom. The molecule has 0 saturated carbocycles. The molecule has 1 unspecified atom stereocenters. The highest BCUT2D eigenvalue weighted by molar-refractivity contribution is 6.01. The van der Waals surface area contributed by atoms with Gasteiger partial charge >= 0.3 is 6.09 Å². The van der Waals surface area contributed by atoms with Gasteiger partial charge in [-0.25, -0.2) is 10.6 Å². The molecule has 1 aromatic carbocycles. The standard InChI is InChI=1S/C13H18N4O4/c1-8(11(18)9-5-3-2-4-6-9)17(15)12(19)10(14)7-16-13(20)21/h2-6,8,10,16H,7,14-15H2,1H3,(H,20,21)/t8?,10-/m0/s1. The van der Waals surface area contributed by atoms with Crippen LogP contribution in [0, 0.1) is 0 Å². The van der Waals surface area contributed by atoms with E-state index in [-0.39, 0.29) is 12.3 Å². The highest BCUT2D eigenvalue weighted by atomic mass is 16.4. The van der Waals surface area contributed by atoms with Crippen molar-refractivity contribution in [2.45, 2.75) is 19.0 Å². The predicted octanol–water partition coefficient (Wildman–Crippen LogP) is -0.445. The van der Waals surface area contributed by atoms with E-state index in [1.807, 2.05) is 5.32 Å². The maximum absolute atomic E-state index is 12.2. The van der Waals surface area contributed by atoms with Gasteiger partial charge in [0, 0.05) is 12.1 Å². The first-order chi connectivity index (χ1) is 9.84. The fourth-order valence-electron chi connectivity index (χ4n) is 1.64. The summed E-state index contributed by atoms with van der Waals surface area (Å²) in [6.07, 6.45) is -1.30. The highest BCUT2D eigenvalue weighted by Gasteiger charge is 2.27. The van der Waals surface area contributed by atoms with Crippen LogP contribution < -0.4 is 16.9 Å². The Hall–Kier alpha value is -2.45. The van der Waals surface area contributed by atoms with Gasteiger partial charge in [-0.1, -0.05) is 30.3 Å². The Labute approximate surface area is 121 Å². The first-order valence-electron chi connectivity index (χ1n) is 6.24. The van der Waals surface area contributed by atoms with E-state index in [2.05, 4.69) is 0 Å². The van der Waals surface area contributed by atoms with Crippen LogP contribution in [0.2, 0.25) is 0 Å². The molecule has 0 fully saturated rings. The topological polar surface area (TPSA) is 139 Å². The third-order valence-electron chi connectivity index (χ3n) is 2.90. The summed E-state index contributed by atoms with van der Waals surface area (Å²) >= 11 is 0. The zero-order chi connectivity index (χ0) is 16.0. The third kappa shape index (κ3) is 4.55. The minimum absolute atomic E-state index is 0.284. The van der Waals surface area contributed by atoms with Crippen LogP contribution in [0.25, 0.3) is 0 Å². The molecule has 0 radical (unpaired) electrons. The van der Waals surface area contributed by atoms with E-state index < -0.39 is 24.1 Å². The van der Waals surface area contributed by atoms with Crippen molar-refractivity contribution in [1.29, 1.82) is 0 Å². The summed E-state index contributed by atoms with van der Waals surface area (Å²) in [5, 5.41) is 11.2. The SMILES string of the molecule is CC(C(=O)c1ccccc1)N(N)C(=O)[C@@H](N)CNC(=O)O. The highest BCUT2D eigenvalue weighted by Crippen LogP contribution is 2.07. The van der Waals surface area contributed by atoms with Crippen molar-refractivity contribution in [2.24, 2.45) is 11.6 Å². The summed E-state index contributed by atoms with van der Waals surface area (Å²) in [5.41, 5.74) is 5.96. The van der Waals surface area contributed by atoms with Gasteiger partial charge in [-0.15, -0.1) is 0 Å². The molecule has 8 nitrogen and oxygen atoms in total. The summed E-state index contributed by atoms with van der Waals surface area (Å²) in [6, 6.07) is 6.33. The maximum atomic E-state index is 12.2. The average Bonchev–Trinajstić information content (AvgIpc) is 2.50. The molecule has 0 aliphatic carbocycles. The molecule has 21 heavy (non-hydrogen) atoms. The lowest BCUT2D eigenvalue weighted by Crippen LogP contribution is -2.56. The van der Waals surface area contributed by atoms with Gasteiger partial charge in [0.1, 0.15) is 12.1 Å². The number of nitrogens with one attached hydrogen (secondary N) is 1. The van der Waals surface area contributed by atoms with Gasteiger partial charge in [0.25, 0.3) is 5.91 Å². The molecular formula is C13H18N4O4. The molecule has 6 N–H and O–H groups in total. The van der Waals surface area contributed by atoms with Crippen LogP contribution >= 0.6 is 0 Å². The molecule has 0 aliphatic rings. The van der Waals surface area contributed by atoms with E-state index in [0.717, 1.165) is 5.01 Å². The normalized spacial score (nSPS) is 13.1. The number of nitrogens with zero attached hydrogens (tertiary/aromatic N) is 1. The Morgan fingerprint density at radius 3 is 2.38 bits per heavy atom. The quantitative estimate of drug-likeness (QED) is 0.243. The molecule has 0 bridgehead atoms. The molecule has 1 rings (SSSR count). The fraction of sp³-hybridized carbons (Fsp3) is 0.308. The molecule has 0 aromatic heterocycles. The molecule has 0 spiro atoms. The van der Waals surface area contributed by atoms with E-state index in [0.29, 0.717) is 5.56 Å². The van der Waals surface area contributed by atoms with Gasteiger partial charge in [0.2, 0.25) is 0 Å². The van der Waals surface area contributed by atoms with Crippen LogP contribution in [0.5, 0.6) is 0 Å². The molecule has 2 amide bonds. The summed E-state index contributed by atoms with van der Waals surface area (Å²) in [7, 11) is 0. The van der Waals surface area contributed by atoms with Crippen molar-refractivity contribution in [3.8, 4) is 0 Å². The summed E-state index contributed by atoms with van der Waals surface area (Å²) < 4.78 is 0. The number of carbonyl (C=O) groups is 3. The Bertz CT molecular complexity index is 520. The van der Waals surface area contributed by atoms with E-state index >= 15 is 0 Å². The predicted molar refractivity (Wildman–Crippen MR) is 75.3 cm³/mol. The van der Waals surface area contributed by atoms with Crippen molar-refractivity contribution in [1.82, 2.24) is 10.3 Å². The van der Waals surface area contributed by atoms with Crippen LogP contribution in [-0.2, 0) is 4.79 Å². The van der Waals surface area contributed by atoms with Crippen molar-refractivity contribution >= 4 is 17.8 Å². The Morgan fingerprint density at radius 1 is 1.29 bits per heavy atom. The number of ketones is 1. The number of hydrogen-bond donors (Lipinski definition) is 4. The van der Waals surface area contributed by atoms with Gasteiger partial charge < -0.3 is 16.2 Å². The largest absolute Gasteiger partial charge is 0.465 e. The van der Waals surface area contributed by atoms with E-state index in [1.165, 1.54) is 6.92 Å². The van der Waals surface area contributed by atoms with Crippen molar-refractivity contribution in [3.05, 3.63) is 35.9 Å². The Balaban J connectivity index is 2.68. The van der Waals surface area contributed by atoms with E-state index in [1.54, 1.807) is 30.3 Å². The van der Waals surface area contributed by atoms with Gasteiger partial charge in [-0.05, 0) is 6.92 Å². The molecule has 0 heterocycles. The van der Waals surface area contributed by atoms with Gasteiger partial charge in [-0.3, -0.25) is 14.6 Å². The number of nitrogens with two attached hydrogens (primary N) is 2. The second kappa shape index (κ2) is 7.36. The fourth-order valence-corrected chi connectivity index (χ4v) is 1.64. The first kappa shape index (κ1) is 16.6. The molecule has 114 valence electrons. The van der Waals surface area contributed by atoms with E-state index in [9.17, 15) is 14.4 Å². The number of amides is 2.